The largest absolute Gasteiger partial charge is 0.384 e. The second-order valence-electron chi connectivity index (χ2n) is 3.43. The van der Waals surface area contributed by atoms with Crippen LogP contribution in [0.2, 0.25) is 0 Å². The first-order valence-electron chi connectivity index (χ1n) is 4.66. The third-order valence-electron chi connectivity index (χ3n) is 2.24. The van der Waals surface area contributed by atoms with Crippen molar-refractivity contribution in [1.29, 1.82) is 5.41 Å². The van der Waals surface area contributed by atoms with Crippen LogP contribution < -0.4 is 5.73 Å². The lowest BCUT2D eigenvalue weighted by atomic mass is 10.2. The molecule has 6 heteroatoms. The summed E-state index contributed by atoms with van der Waals surface area (Å²) in [5.41, 5.74) is 5.71. The number of ether oxygens (including phenoxy) is 1. The minimum atomic E-state index is -0.357. The van der Waals surface area contributed by atoms with Gasteiger partial charge in [-0.15, -0.1) is 11.8 Å². The summed E-state index contributed by atoms with van der Waals surface area (Å²) in [6.45, 7) is 1.33. The summed E-state index contributed by atoms with van der Waals surface area (Å²) >= 11 is 4.57. The van der Waals surface area contributed by atoms with Crippen molar-refractivity contribution < 1.29 is 9.13 Å². The van der Waals surface area contributed by atoms with Crippen molar-refractivity contribution in [3.63, 3.8) is 0 Å². The van der Waals surface area contributed by atoms with Crippen LogP contribution >= 0.6 is 27.7 Å². The monoisotopic (exact) mass is 304 g/mol. The van der Waals surface area contributed by atoms with E-state index in [4.69, 9.17) is 15.9 Å². The van der Waals surface area contributed by atoms with Crippen molar-refractivity contribution in [2.75, 3.05) is 13.2 Å². The predicted octanol–water partition coefficient (Wildman–Crippen LogP) is 2.36. The Balaban J connectivity index is 2.26. The molecule has 0 amide bonds. The Labute approximate surface area is 105 Å². The Morgan fingerprint density at radius 3 is 2.75 bits per heavy atom. The Bertz CT molecular complexity index is 437. The van der Waals surface area contributed by atoms with E-state index in [-0.39, 0.29) is 16.1 Å². The molecule has 0 aromatic heterocycles. The molecular formula is C10H10BrFN2OS. The number of thioether (sulfide) groups is 1. The molecule has 3 N–H and O–H groups in total. The molecule has 0 bridgehead atoms. The third kappa shape index (κ3) is 2.23. The highest BCUT2D eigenvalue weighted by Gasteiger charge is 2.22. The molecule has 1 aromatic rings. The zero-order valence-electron chi connectivity index (χ0n) is 8.30. The second-order valence-corrected chi connectivity index (χ2v) is 5.57. The zero-order valence-corrected chi connectivity index (χ0v) is 10.7. The molecule has 16 heavy (non-hydrogen) atoms. The van der Waals surface area contributed by atoms with Gasteiger partial charge in [0.2, 0.25) is 0 Å². The molecule has 0 spiro atoms. The fourth-order valence-corrected chi connectivity index (χ4v) is 3.02. The van der Waals surface area contributed by atoms with E-state index in [9.17, 15) is 4.39 Å². The smallest absolute Gasteiger partial charge is 0.151 e. The van der Waals surface area contributed by atoms with Gasteiger partial charge in [-0.25, -0.2) is 4.39 Å². The molecule has 2 rings (SSSR count). The number of nitrogens with two attached hydrogens (primary N) is 1. The van der Waals surface area contributed by atoms with Crippen molar-refractivity contribution in [1.82, 2.24) is 0 Å². The van der Waals surface area contributed by atoms with Crippen molar-refractivity contribution in [3.05, 3.63) is 28.0 Å². The maximum absolute atomic E-state index is 13.9. The van der Waals surface area contributed by atoms with Crippen LogP contribution in [0.15, 0.2) is 21.5 Å². The minimum absolute atomic E-state index is 0.144. The Morgan fingerprint density at radius 2 is 2.25 bits per heavy atom. The molecule has 0 unspecified atom stereocenters. The molecule has 1 aliphatic rings. The van der Waals surface area contributed by atoms with Crippen molar-refractivity contribution >= 4 is 33.5 Å². The molecule has 3 nitrogen and oxygen atoms in total. The van der Waals surface area contributed by atoms with Gasteiger partial charge in [-0.05, 0) is 28.1 Å². The highest BCUT2D eigenvalue weighted by atomic mass is 79.9. The molecule has 1 fully saturated rings. The number of amidine groups is 1. The lowest BCUT2D eigenvalue weighted by Crippen LogP contribution is -2.30. The van der Waals surface area contributed by atoms with E-state index in [2.05, 4.69) is 15.9 Å². The van der Waals surface area contributed by atoms with Crippen LogP contribution in [0, 0.1) is 11.2 Å². The van der Waals surface area contributed by atoms with E-state index >= 15 is 0 Å². The van der Waals surface area contributed by atoms with Gasteiger partial charge in [0, 0.05) is 10.5 Å². The summed E-state index contributed by atoms with van der Waals surface area (Å²) in [4.78, 5) is 0.560. The van der Waals surface area contributed by atoms with Gasteiger partial charge in [0.1, 0.15) is 5.84 Å². The topological polar surface area (TPSA) is 59.1 Å². The highest BCUT2D eigenvalue weighted by molar-refractivity contribution is 9.10. The van der Waals surface area contributed by atoms with Gasteiger partial charge in [-0.1, -0.05) is 0 Å². The Hall–Kier alpha value is -0.590. The highest BCUT2D eigenvalue weighted by Crippen LogP contribution is 2.34. The summed E-state index contributed by atoms with van der Waals surface area (Å²) in [5, 5.41) is 7.61. The first-order valence-corrected chi connectivity index (χ1v) is 6.33. The molecule has 1 heterocycles. The molecule has 0 atom stereocenters. The molecule has 0 saturated carbocycles. The van der Waals surface area contributed by atoms with Crippen molar-refractivity contribution in [3.8, 4) is 0 Å². The van der Waals surface area contributed by atoms with Crippen LogP contribution in [0.4, 0.5) is 4.39 Å². The van der Waals surface area contributed by atoms with Gasteiger partial charge in [0.25, 0.3) is 0 Å². The van der Waals surface area contributed by atoms with Gasteiger partial charge in [0.15, 0.2) is 5.82 Å². The first kappa shape index (κ1) is 11.9. The average molecular weight is 305 g/mol. The third-order valence-corrected chi connectivity index (χ3v) is 4.19. The van der Waals surface area contributed by atoms with Crippen LogP contribution in [-0.2, 0) is 4.74 Å². The van der Waals surface area contributed by atoms with Crippen LogP contribution in [0.25, 0.3) is 0 Å². The van der Waals surface area contributed by atoms with E-state index in [1.807, 2.05) is 0 Å². The maximum atomic E-state index is 13.9. The van der Waals surface area contributed by atoms with Crippen molar-refractivity contribution in [2.24, 2.45) is 5.73 Å². The molecule has 0 aliphatic carbocycles. The zero-order chi connectivity index (χ0) is 11.7. The van der Waals surface area contributed by atoms with E-state index in [1.54, 1.807) is 12.1 Å². The number of hydrogen-bond donors (Lipinski definition) is 2. The number of rotatable bonds is 3. The standard InChI is InChI=1S/C10H10BrFN2OS/c11-8-6(10(13)14)1-2-7(9(8)12)16-5-3-15-4-5/h1-2,5H,3-4H2,(H3,13,14). The lowest BCUT2D eigenvalue weighted by Gasteiger charge is -2.25. The maximum Gasteiger partial charge on any atom is 0.151 e. The van der Waals surface area contributed by atoms with Crippen LogP contribution in [0.3, 0.4) is 0 Å². The SMILES string of the molecule is N=C(N)c1ccc(SC2COC2)c(F)c1Br. The number of hydrogen-bond acceptors (Lipinski definition) is 3. The summed E-state index contributed by atoms with van der Waals surface area (Å²) in [7, 11) is 0. The number of nitrogens with one attached hydrogen (secondary N) is 1. The summed E-state index contributed by atoms with van der Waals surface area (Å²) < 4.78 is 19.2. The molecule has 86 valence electrons. The van der Waals surface area contributed by atoms with Gasteiger partial charge in [-0.2, -0.15) is 0 Å². The van der Waals surface area contributed by atoms with Crippen LogP contribution in [0.1, 0.15) is 5.56 Å². The van der Waals surface area contributed by atoms with Gasteiger partial charge < -0.3 is 10.5 Å². The molecule has 0 radical (unpaired) electrons. The second kappa shape index (κ2) is 4.73. The van der Waals surface area contributed by atoms with E-state index in [0.29, 0.717) is 28.9 Å². The summed E-state index contributed by atoms with van der Waals surface area (Å²) in [6, 6.07) is 3.30. The minimum Gasteiger partial charge on any atom is -0.384 e. The first-order chi connectivity index (χ1) is 7.59. The normalized spacial score (nSPS) is 15.9. The molecule has 1 aliphatic heterocycles. The number of benzene rings is 1. The van der Waals surface area contributed by atoms with E-state index < -0.39 is 0 Å². The fraction of sp³-hybridized carbons (Fsp3) is 0.300. The summed E-state index contributed by atoms with van der Waals surface area (Å²) in [5.74, 6) is -0.501. The van der Waals surface area contributed by atoms with E-state index in [0.717, 1.165) is 0 Å². The fourth-order valence-electron chi connectivity index (χ4n) is 1.29. The lowest BCUT2D eigenvalue weighted by molar-refractivity contribution is 0.0455. The predicted molar refractivity (Wildman–Crippen MR) is 65.6 cm³/mol. The van der Waals surface area contributed by atoms with Crippen LogP contribution in [0.5, 0.6) is 0 Å². The van der Waals surface area contributed by atoms with Gasteiger partial charge >= 0.3 is 0 Å². The van der Waals surface area contributed by atoms with Crippen molar-refractivity contribution in [2.45, 2.75) is 10.1 Å². The Kier molecular flexibility index (Phi) is 3.51. The molecular weight excluding hydrogens is 295 g/mol. The quantitative estimate of drug-likeness (QED) is 0.666. The van der Waals surface area contributed by atoms with E-state index in [1.165, 1.54) is 11.8 Å². The molecule has 1 aromatic carbocycles. The molecule has 1 saturated heterocycles. The number of halogens is 2. The van der Waals surface area contributed by atoms with Gasteiger partial charge in [0.05, 0.1) is 22.9 Å². The Morgan fingerprint density at radius 1 is 1.56 bits per heavy atom. The number of nitrogen functional groups attached to an aromatic ring is 1. The van der Waals surface area contributed by atoms with Crippen LogP contribution in [-0.4, -0.2) is 24.3 Å². The van der Waals surface area contributed by atoms with Gasteiger partial charge in [-0.3, -0.25) is 5.41 Å². The average Bonchev–Trinajstić information content (AvgIpc) is 2.17. The summed E-state index contributed by atoms with van der Waals surface area (Å²) in [6.07, 6.45) is 0.